The van der Waals surface area contributed by atoms with Crippen LogP contribution < -0.4 is 9.47 Å². The zero-order chi connectivity index (χ0) is 22.1. The lowest BCUT2D eigenvalue weighted by atomic mass is 9.99. The number of hydrogen-bond acceptors (Lipinski definition) is 5. The van der Waals surface area contributed by atoms with E-state index in [0.29, 0.717) is 30.1 Å². The van der Waals surface area contributed by atoms with E-state index < -0.39 is 12.1 Å². The Labute approximate surface area is 181 Å². The number of carboxylic acid groups (broad SMARTS) is 1. The van der Waals surface area contributed by atoms with Gasteiger partial charge in [0, 0.05) is 18.1 Å². The third-order valence-electron chi connectivity index (χ3n) is 4.86. The maximum absolute atomic E-state index is 11.2. The second-order valence-corrected chi connectivity index (χ2v) is 7.11. The second kappa shape index (κ2) is 10.8. The zero-order valence-corrected chi connectivity index (χ0v) is 17.3. The zero-order valence-electron chi connectivity index (χ0n) is 17.3. The number of carboxylic acids is 1. The van der Waals surface area contributed by atoms with Gasteiger partial charge in [-0.1, -0.05) is 59.8 Å². The van der Waals surface area contributed by atoms with Gasteiger partial charge in [0.25, 0.3) is 0 Å². The first-order valence-corrected chi connectivity index (χ1v) is 9.99. The van der Waals surface area contributed by atoms with E-state index in [0.717, 1.165) is 16.7 Å². The molecule has 0 amide bonds. The molecule has 0 aliphatic rings. The summed E-state index contributed by atoms with van der Waals surface area (Å²) in [6.45, 7) is 2.36. The average Bonchev–Trinajstić information content (AvgIpc) is 2.78. The molecule has 0 saturated heterocycles. The van der Waals surface area contributed by atoms with Gasteiger partial charge in [0.05, 0.1) is 6.21 Å². The Hall–Kier alpha value is -3.80. The van der Waals surface area contributed by atoms with Gasteiger partial charge >= 0.3 is 5.97 Å². The van der Waals surface area contributed by atoms with Gasteiger partial charge in [-0.25, -0.2) is 0 Å². The van der Waals surface area contributed by atoms with Crippen LogP contribution in [-0.4, -0.2) is 22.5 Å². The van der Waals surface area contributed by atoms with E-state index in [1.54, 1.807) is 18.2 Å². The summed E-state index contributed by atoms with van der Waals surface area (Å²) in [4.78, 5) is 11.2. The van der Waals surface area contributed by atoms with Crippen molar-refractivity contribution in [1.82, 2.24) is 0 Å². The summed E-state index contributed by atoms with van der Waals surface area (Å²) in [5, 5.41) is 21.3. The Bertz CT molecular complexity index is 1030. The minimum absolute atomic E-state index is 0.0351. The van der Waals surface area contributed by atoms with Crippen molar-refractivity contribution < 1.29 is 24.6 Å². The SMILES string of the molecule is Cc1ccccc1C(CCC(=O)O)Oc1cc(OCc2ccccc2)ccc1/C=N\O. The van der Waals surface area contributed by atoms with Gasteiger partial charge in [-0.05, 0) is 42.2 Å². The van der Waals surface area contributed by atoms with Gasteiger partial charge in [-0.3, -0.25) is 4.79 Å². The molecule has 0 fully saturated rings. The Morgan fingerprint density at radius 1 is 1.06 bits per heavy atom. The molecule has 0 radical (unpaired) electrons. The van der Waals surface area contributed by atoms with E-state index in [-0.39, 0.29) is 6.42 Å². The molecule has 0 heterocycles. The molecule has 2 N–H and O–H groups in total. The number of ether oxygens (including phenoxy) is 2. The van der Waals surface area contributed by atoms with Crippen molar-refractivity contribution >= 4 is 12.2 Å². The van der Waals surface area contributed by atoms with Crippen LogP contribution in [0.4, 0.5) is 0 Å². The van der Waals surface area contributed by atoms with Crippen molar-refractivity contribution in [2.75, 3.05) is 0 Å². The van der Waals surface area contributed by atoms with E-state index in [1.165, 1.54) is 6.21 Å². The highest BCUT2D eigenvalue weighted by atomic mass is 16.5. The highest BCUT2D eigenvalue weighted by molar-refractivity contribution is 5.83. The number of nitrogens with zero attached hydrogens (tertiary/aromatic N) is 1. The number of oxime groups is 1. The van der Waals surface area contributed by atoms with E-state index >= 15 is 0 Å². The van der Waals surface area contributed by atoms with Gasteiger partial charge in [-0.2, -0.15) is 0 Å². The smallest absolute Gasteiger partial charge is 0.303 e. The molecule has 0 aromatic heterocycles. The van der Waals surface area contributed by atoms with Crippen LogP contribution in [0.2, 0.25) is 0 Å². The van der Waals surface area contributed by atoms with Crippen molar-refractivity contribution in [1.29, 1.82) is 0 Å². The molecule has 0 bridgehead atoms. The molecular weight excluding hydrogens is 394 g/mol. The molecular formula is C25H25NO5. The predicted octanol–water partition coefficient (Wildman–Crippen LogP) is 5.37. The largest absolute Gasteiger partial charge is 0.489 e. The summed E-state index contributed by atoms with van der Waals surface area (Å²) in [5.41, 5.74) is 3.51. The number of benzene rings is 3. The van der Waals surface area contributed by atoms with Crippen LogP contribution in [-0.2, 0) is 11.4 Å². The van der Waals surface area contributed by atoms with Gasteiger partial charge < -0.3 is 19.8 Å². The van der Waals surface area contributed by atoms with Crippen LogP contribution in [0.25, 0.3) is 0 Å². The number of aliphatic carboxylic acids is 1. The van der Waals surface area contributed by atoms with Crippen LogP contribution in [0.1, 0.15) is 41.2 Å². The number of rotatable bonds is 10. The fourth-order valence-corrected chi connectivity index (χ4v) is 3.25. The first-order valence-electron chi connectivity index (χ1n) is 9.99. The molecule has 0 spiro atoms. The monoisotopic (exact) mass is 419 g/mol. The molecule has 6 nitrogen and oxygen atoms in total. The van der Waals surface area contributed by atoms with Gasteiger partial charge in [0.15, 0.2) is 0 Å². The third-order valence-corrected chi connectivity index (χ3v) is 4.86. The summed E-state index contributed by atoms with van der Waals surface area (Å²) in [6.07, 6.45) is 1.06. The minimum atomic E-state index is -0.890. The topological polar surface area (TPSA) is 88.4 Å². The number of hydrogen-bond donors (Lipinski definition) is 2. The molecule has 0 aliphatic carbocycles. The Morgan fingerprint density at radius 2 is 1.81 bits per heavy atom. The van der Waals surface area contributed by atoms with E-state index in [4.69, 9.17) is 14.7 Å². The van der Waals surface area contributed by atoms with Crippen LogP contribution in [0.3, 0.4) is 0 Å². The van der Waals surface area contributed by atoms with Crippen molar-refractivity contribution in [3.8, 4) is 11.5 Å². The lowest BCUT2D eigenvalue weighted by Gasteiger charge is -2.22. The van der Waals surface area contributed by atoms with Gasteiger partial charge in [0.2, 0.25) is 0 Å². The molecule has 0 aliphatic heterocycles. The van der Waals surface area contributed by atoms with Crippen LogP contribution in [0.15, 0.2) is 78.0 Å². The first-order chi connectivity index (χ1) is 15.1. The molecule has 3 aromatic carbocycles. The molecule has 1 unspecified atom stereocenters. The fraction of sp³-hybridized carbons (Fsp3) is 0.200. The fourth-order valence-electron chi connectivity index (χ4n) is 3.25. The first kappa shape index (κ1) is 21.9. The summed E-state index contributed by atoms with van der Waals surface area (Å²) in [6, 6.07) is 22.7. The van der Waals surface area contributed by atoms with Crippen molar-refractivity contribution in [2.45, 2.75) is 32.5 Å². The molecule has 160 valence electrons. The Balaban J connectivity index is 1.87. The maximum Gasteiger partial charge on any atom is 0.303 e. The molecule has 0 saturated carbocycles. The van der Waals surface area contributed by atoms with Crippen molar-refractivity contribution in [3.05, 3.63) is 95.1 Å². The van der Waals surface area contributed by atoms with Crippen LogP contribution >= 0.6 is 0 Å². The number of aryl methyl sites for hydroxylation is 1. The van der Waals surface area contributed by atoms with E-state index in [9.17, 15) is 9.90 Å². The Morgan fingerprint density at radius 3 is 2.52 bits per heavy atom. The quantitative estimate of drug-likeness (QED) is 0.262. The summed E-state index contributed by atoms with van der Waals surface area (Å²) >= 11 is 0. The standard InChI is InChI=1S/C25H25NO5/c1-18-7-5-6-10-22(18)23(13-14-25(27)28)31-24-15-21(12-11-20(24)16-26-29)30-17-19-8-3-2-4-9-19/h2-12,15-16,23,29H,13-14,17H2,1H3,(H,27,28)/b26-16-. The molecule has 3 rings (SSSR count). The Kier molecular flexibility index (Phi) is 7.65. The van der Waals surface area contributed by atoms with Crippen molar-refractivity contribution in [3.63, 3.8) is 0 Å². The van der Waals surface area contributed by atoms with Crippen LogP contribution in [0.5, 0.6) is 11.5 Å². The second-order valence-electron chi connectivity index (χ2n) is 7.11. The average molecular weight is 419 g/mol. The minimum Gasteiger partial charge on any atom is -0.489 e. The summed E-state index contributed by atoms with van der Waals surface area (Å²) < 4.78 is 12.2. The predicted molar refractivity (Wildman–Crippen MR) is 118 cm³/mol. The summed E-state index contributed by atoms with van der Waals surface area (Å²) in [5.74, 6) is 0.150. The molecule has 31 heavy (non-hydrogen) atoms. The highest BCUT2D eigenvalue weighted by Gasteiger charge is 2.19. The molecule has 1 atom stereocenters. The van der Waals surface area contributed by atoms with E-state index in [2.05, 4.69) is 5.16 Å². The maximum atomic E-state index is 11.2. The number of carbonyl (C=O) groups is 1. The van der Waals surface area contributed by atoms with Crippen molar-refractivity contribution in [2.24, 2.45) is 5.16 Å². The lowest BCUT2D eigenvalue weighted by Crippen LogP contribution is -2.12. The van der Waals surface area contributed by atoms with Gasteiger partial charge in [-0.15, -0.1) is 0 Å². The van der Waals surface area contributed by atoms with E-state index in [1.807, 2.05) is 61.5 Å². The molecule has 3 aromatic rings. The molecule has 6 heteroatoms. The highest BCUT2D eigenvalue weighted by Crippen LogP contribution is 2.32. The normalized spacial score (nSPS) is 11.9. The van der Waals surface area contributed by atoms with Gasteiger partial charge in [0.1, 0.15) is 24.2 Å². The summed E-state index contributed by atoms with van der Waals surface area (Å²) in [7, 11) is 0. The van der Waals surface area contributed by atoms with Crippen LogP contribution in [0, 0.1) is 6.92 Å². The third kappa shape index (κ3) is 6.34. The lowest BCUT2D eigenvalue weighted by molar-refractivity contribution is -0.137.